The molecule has 1 fully saturated rings. The quantitative estimate of drug-likeness (QED) is 0.795. The second-order valence-electron chi connectivity index (χ2n) is 5.46. The van der Waals surface area contributed by atoms with Gasteiger partial charge >= 0.3 is 6.03 Å². The van der Waals surface area contributed by atoms with Crippen LogP contribution in [0.3, 0.4) is 0 Å². The Bertz CT molecular complexity index is 461. The smallest absolute Gasteiger partial charge is 0.322 e. The SMILES string of the molecule is C[N+]1(C)CCN(C(=O)Nc2cc(Cl)cc(Cl)c2)CC1. The first kappa shape index (κ1) is 14.4. The van der Waals surface area contributed by atoms with Crippen LogP contribution >= 0.6 is 23.2 Å². The lowest BCUT2D eigenvalue weighted by Gasteiger charge is -2.38. The monoisotopic (exact) mass is 302 g/mol. The van der Waals surface area contributed by atoms with E-state index in [9.17, 15) is 4.79 Å². The number of likely N-dealkylation sites (N-methyl/N-ethyl adjacent to an activating group) is 1. The van der Waals surface area contributed by atoms with Crippen molar-refractivity contribution in [2.45, 2.75) is 0 Å². The van der Waals surface area contributed by atoms with Gasteiger partial charge in [0.05, 0.1) is 40.3 Å². The molecule has 1 aromatic carbocycles. The van der Waals surface area contributed by atoms with Crippen LogP contribution in [-0.4, -0.2) is 55.7 Å². The van der Waals surface area contributed by atoms with Crippen LogP contribution < -0.4 is 5.32 Å². The number of nitrogens with zero attached hydrogens (tertiary/aromatic N) is 2. The standard InChI is InChI=1S/C13H17Cl2N3O/c1-18(2)5-3-17(4-6-18)13(19)16-12-8-10(14)7-11(15)9-12/h7-9H,3-6H2,1-2H3/p+1. The van der Waals surface area contributed by atoms with Crippen molar-refractivity contribution < 1.29 is 9.28 Å². The van der Waals surface area contributed by atoms with E-state index < -0.39 is 0 Å². The molecule has 1 aliphatic rings. The van der Waals surface area contributed by atoms with E-state index in [4.69, 9.17) is 23.2 Å². The predicted molar refractivity (Wildman–Crippen MR) is 78.9 cm³/mol. The van der Waals surface area contributed by atoms with Gasteiger partial charge in [0.15, 0.2) is 0 Å². The number of piperazine rings is 1. The Morgan fingerprint density at radius 1 is 1.16 bits per heavy atom. The average molecular weight is 303 g/mol. The molecule has 1 N–H and O–H groups in total. The molecular weight excluding hydrogens is 285 g/mol. The van der Waals surface area contributed by atoms with Gasteiger partial charge in [-0.3, -0.25) is 0 Å². The van der Waals surface area contributed by atoms with E-state index in [0.717, 1.165) is 30.7 Å². The van der Waals surface area contributed by atoms with Crippen LogP contribution in [0.5, 0.6) is 0 Å². The lowest BCUT2D eigenvalue weighted by molar-refractivity contribution is -0.894. The fourth-order valence-corrected chi connectivity index (χ4v) is 2.56. The van der Waals surface area contributed by atoms with Crippen molar-refractivity contribution in [1.82, 2.24) is 4.90 Å². The van der Waals surface area contributed by atoms with Crippen LogP contribution in [0.25, 0.3) is 0 Å². The van der Waals surface area contributed by atoms with Crippen LogP contribution in [0.15, 0.2) is 18.2 Å². The summed E-state index contributed by atoms with van der Waals surface area (Å²) >= 11 is 11.8. The number of benzene rings is 1. The minimum absolute atomic E-state index is 0.0990. The lowest BCUT2D eigenvalue weighted by atomic mass is 10.3. The number of quaternary nitrogens is 1. The number of amides is 2. The summed E-state index contributed by atoms with van der Waals surface area (Å²) in [6.45, 7) is 3.44. The highest BCUT2D eigenvalue weighted by Gasteiger charge is 2.27. The van der Waals surface area contributed by atoms with Gasteiger partial charge in [0, 0.05) is 15.7 Å². The molecule has 6 heteroatoms. The van der Waals surface area contributed by atoms with Crippen molar-refractivity contribution in [2.24, 2.45) is 0 Å². The fourth-order valence-electron chi connectivity index (χ4n) is 2.04. The van der Waals surface area contributed by atoms with E-state index in [2.05, 4.69) is 19.4 Å². The number of hydrogen-bond acceptors (Lipinski definition) is 1. The second kappa shape index (κ2) is 5.57. The number of anilines is 1. The molecule has 0 spiro atoms. The highest BCUT2D eigenvalue weighted by atomic mass is 35.5. The molecule has 4 nitrogen and oxygen atoms in total. The van der Waals surface area contributed by atoms with Gasteiger partial charge in [0.1, 0.15) is 0 Å². The molecule has 2 amide bonds. The maximum Gasteiger partial charge on any atom is 0.322 e. The van der Waals surface area contributed by atoms with Crippen LogP contribution in [0.1, 0.15) is 0 Å². The number of hydrogen-bond donors (Lipinski definition) is 1. The molecule has 0 aliphatic carbocycles. The van der Waals surface area contributed by atoms with Gasteiger partial charge in [0.25, 0.3) is 0 Å². The zero-order valence-electron chi connectivity index (χ0n) is 11.1. The maximum absolute atomic E-state index is 12.1. The molecule has 0 unspecified atom stereocenters. The van der Waals surface area contributed by atoms with Crippen molar-refractivity contribution in [1.29, 1.82) is 0 Å². The normalized spacial score (nSPS) is 18.2. The third-order valence-corrected chi connectivity index (χ3v) is 3.79. The molecule has 0 aromatic heterocycles. The van der Waals surface area contributed by atoms with E-state index in [1.165, 1.54) is 0 Å². The molecule has 1 saturated heterocycles. The Balaban J connectivity index is 1.98. The molecule has 104 valence electrons. The molecular formula is C13H18Cl2N3O+. The Labute approximate surface area is 123 Å². The number of urea groups is 1. The van der Waals surface area contributed by atoms with Gasteiger partial charge in [0.2, 0.25) is 0 Å². The molecule has 0 atom stereocenters. The van der Waals surface area contributed by atoms with Crippen LogP contribution in [0.4, 0.5) is 10.5 Å². The first-order valence-electron chi connectivity index (χ1n) is 6.20. The summed E-state index contributed by atoms with van der Waals surface area (Å²) in [4.78, 5) is 13.9. The first-order chi connectivity index (χ1) is 8.85. The summed E-state index contributed by atoms with van der Waals surface area (Å²) in [6.07, 6.45) is 0. The summed E-state index contributed by atoms with van der Waals surface area (Å²) in [6, 6.07) is 4.92. The van der Waals surface area contributed by atoms with Gasteiger partial charge in [-0.25, -0.2) is 4.79 Å². The zero-order valence-corrected chi connectivity index (χ0v) is 12.6. The number of nitrogens with one attached hydrogen (secondary N) is 1. The molecule has 1 heterocycles. The Kier molecular flexibility index (Phi) is 4.23. The van der Waals surface area contributed by atoms with E-state index in [1.807, 2.05) is 4.90 Å². The van der Waals surface area contributed by atoms with E-state index >= 15 is 0 Å². The van der Waals surface area contributed by atoms with Gasteiger partial charge in [-0.05, 0) is 18.2 Å². The number of rotatable bonds is 1. The molecule has 2 rings (SSSR count). The summed E-state index contributed by atoms with van der Waals surface area (Å²) < 4.78 is 0.951. The summed E-state index contributed by atoms with van der Waals surface area (Å²) in [5.74, 6) is 0. The molecule has 0 saturated carbocycles. The second-order valence-corrected chi connectivity index (χ2v) is 6.33. The Morgan fingerprint density at radius 3 is 2.21 bits per heavy atom. The summed E-state index contributed by atoms with van der Waals surface area (Å²) in [5, 5.41) is 3.86. The van der Waals surface area contributed by atoms with Crippen LogP contribution in [0.2, 0.25) is 10.0 Å². The van der Waals surface area contributed by atoms with Gasteiger partial charge < -0.3 is 14.7 Å². The van der Waals surface area contributed by atoms with Crippen LogP contribution in [0, 0.1) is 0 Å². The van der Waals surface area contributed by atoms with Crippen molar-refractivity contribution in [3.8, 4) is 0 Å². The molecule has 19 heavy (non-hydrogen) atoms. The highest BCUT2D eigenvalue weighted by Crippen LogP contribution is 2.22. The summed E-state index contributed by atoms with van der Waals surface area (Å²) in [7, 11) is 4.35. The molecule has 0 bridgehead atoms. The minimum Gasteiger partial charge on any atom is -0.326 e. The largest absolute Gasteiger partial charge is 0.326 e. The zero-order chi connectivity index (χ0) is 14.0. The lowest BCUT2D eigenvalue weighted by Crippen LogP contribution is -2.56. The van der Waals surface area contributed by atoms with Gasteiger partial charge in [-0.2, -0.15) is 0 Å². The van der Waals surface area contributed by atoms with E-state index in [0.29, 0.717) is 15.7 Å². The molecule has 1 aromatic rings. The number of carbonyl (C=O) groups excluding carboxylic acids is 1. The van der Waals surface area contributed by atoms with Crippen molar-refractivity contribution in [3.63, 3.8) is 0 Å². The summed E-state index contributed by atoms with van der Waals surface area (Å²) in [5.41, 5.74) is 0.627. The first-order valence-corrected chi connectivity index (χ1v) is 6.95. The third-order valence-electron chi connectivity index (χ3n) is 3.35. The highest BCUT2D eigenvalue weighted by molar-refractivity contribution is 6.35. The average Bonchev–Trinajstić information content (AvgIpc) is 2.26. The topological polar surface area (TPSA) is 32.3 Å². The van der Waals surface area contributed by atoms with Gasteiger partial charge in [-0.1, -0.05) is 23.2 Å². The molecule has 0 radical (unpaired) electrons. The number of carbonyl (C=O) groups is 1. The Morgan fingerprint density at radius 2 is 1.68 bits per heavy atom. The van der Waals surface area contributed by atoms with E-state index in [-0.39, 0.29) is 6.03 Å². The number of halogens is 2. The minimum atomic E-state index is -0.0990. The Hall–Kier alpha value is -0.970. The van der Waals surface area contributed by atoms with Crippen molar-refractivity contribution in [2.75, 3.05) is 45.6 Å². The third kappa shape index (κ3) is 4.00. The van der Waals surface area contributed by atoms with Gasteiger partial charge in [-0.15, -0.1) is 0 Å². The fraction of sp³-hybridized carbons (Fsp3) is 0.462. The predicted octanol–water partition coefficient (Wildman–Crippen LogP) is 2.92. The van der Waals surface area contributed by atoms with E-state index in [1.54, 1.807) is 18.2 Å². The van der Waals surface area contributed by atoms with Crippen molar-refractivity contribution in [3.05, 3.63) is 28.2 Å². The van der Waals surface area contributed by atoms with Crippen LogP contribution in [-0.2, 0) is 0 Å². The van der Waals surface area contributed by atoms with Crippen molar-refractivity contribution >= 4 is 34.9 Å². The molecule has 1 aliphatic heterocycles. The maximum atomic E-state index is 12.1.